The lowest BCUT2D eigenvalue weighted by molar-refractivity contribution is -0.128. The highest BCUT2D eigenvalue weighted by atomic mass is 32.2. The minimum absolute atomic E-state index is 0.0951. The maximum absolute atomic E-state index is 13.8. The van der Waals surface area contributed by atoms with Gasteiger partial charge in [0.25, 0.3) is 31.9 Å². The van der Waals surface area contributed by atoms with Gasteiger partial charge in [0.15, 0.2) is 15.8 Å². The van der Waals surface area contributed by atoms with E-state index in [2.05, 4.69) is 41.2 Å². The van der Waals surface area contributed by atoms with Crippen molar-refractivity contribution in [1.29, 1.82) is 0 Å². The first-order valence-corrected chi connectivity index (χ1v) is 32.3. The van der Waals surface area contributed by atoms with E-state index in [0.717, 1.165) is 58.8 Å². The van der Waals surface area contributed by atoms with Crippen LogP contribution in [-0.4, -0.2) is 136 Å². The Hall–Kier alpha value is -9.71. The van der Waals surface area contributed by atoms with Crippen molar-refractivity contribution in [3.8, 4) is 0 Å². The number of carbonyl (C=O) groups excluding carboxylic acids is 5. The number of Topliss-reactive ketones (excluding diaryl/α,β-unsaturated/α-hetero) is 1. The standard InChI is InChI=1S/C34H33N5O5S.C34H31N5O5S/c2*40-31-22-39(45(43,44)32-11-3-4-16-36-32)18-6-10-29(31)37-34(42)30(20-23-12-13-24-7-1-2-8-25(24)19-23)38-33(41)27-14-15-28-26(21-27)9-5-17-35-28/h1-5,7-9,11-17,19,21,29-31,40H,6,10,18,20,22H2,(H,37,42)(H,38,41);1-5,7-9,11-17,19,21,29-30H,6,10,18,20,22H2,(H,37,42)(H,38,41)/t29?,30-,31?;29?,30-/m00/s1. The van der Waals surface area contributed by atoms with Crippen molar-refractivity contribution in [2.75, 3.05) is 26.2 Å². The van der Waals surface area contributed by atoms with Crippen LogP contribution in [0.25, 0.3) is 43.4 Å². The molecule has 458 valence electrons. The summed E-state index contributed by atoms with van der Waals surface area (Å²) in [4.78, 5) is 84.3. The molecule has 5 atom stereocenters. The zero-order chi connectivity index (χ0) is 62.8. The van der Waals surface area contributed by atoms with Crippen LogP contribution in [0.15, 0.2) is 217 Å². The highest BCUT2D eigenvalue weighted by Crippen LogP contribution is 2.24. The molecule has 2 saturated heterocycles. The summed E-state index contributed by atoms with van der Waals surface area (Å²) in [6, 6.07) is 50.7. The summed E-state index contributed by atoms with van der Waals surface area (Å²) in [6.07, 6.45) is 6.75. The zero-order valence-corrected chi connectivity index (χ0v) is 50.3. The third-order valence-electron chi connectivity index (χ3n) is 16.0. The summed E-state index contributed by atoms with van der Waals surface area (Å²) < 4.78 is 54.9. The van der Waals surface area contributed by atoms with Crippen molar-refractivity contribution in [3.63, 3.8) is 0 Å². The van der Waals surface area contributed by atoms with E-state index in [9.17, 15) is 45.9 Å². The molecule has 6 aromatic carbocycles. The Labute approximate surface area is 519 Å². The van der Waals surface area contributed by atoms with Crippen molar-refractivity contribution in [2.45, 2.75) is 78.8 Å². The minimum Gasteiger partial charge on any atom is -0.390 e. The molecule has 12 rings (SSSR count). The SMILES string of the molecule is O=C(N[C@@H](Cc1ccc2ccccc2c1)C(=O)NC1CCCN(S(=O)(=O)c2ccccn2)CC1=O)c1ccc2ncccc2c1.O=C(N[C@@H](Cc1ccc2ccccc2c1)C(=O)NC1CCCN(S(=O)(=O)c2ccccn2)CC1O)c1ccc2ncccc2c1. The van der Waals surface area contributed by atoms with Crippen LogP contribution in [0.2, 0.25) is 0 Å². The summed E-state index contributed by atoms with van der Waals surface area (Å²) in [5.74, 6) is -2.29. The third-order valence-corrected chi connectivity index (χ3v) is 19.6. The molecule has 90 heavy (non-hydrogen) atoms. The number of nitrogens with one attached hydrogen (secondary N) is 4. The van der Waals surface area contributed by atoms with E-state index < -0.39 is 86.3 Å². The predicted molar refractivity (Wildman–Crippen MR) is 341 cm³/mol. The van der Waals surface area contributed by atoms with Crippen molar-refractivity contribution in [2.24, 2.45) is 0 Å². The van der Waals surface area contributed by atoms with Gasteiger partial charge in [0.05, 0.1) is 35.8 Å². The maximum atomic E-state index is 13.8. The molecule has 5 N–H and O–H groups in total. The van der Waals surface area contributed by atoms with E-state index in [4.69, 9.17) is 0 Å². The Balaban J connectivity index is 0.000000185. The monoisotopic (exact) mass is 1240 g/mol. The molecular weight excluding hydrogens is 1180 g/mol. The second kappa shape index (κ2) is 27.8. The molecule has 4 amide bonds. The number of nitrogens with zero attached hydrogens (tertiary/aromatic N) is 6. The fraction of sp³-hybridized carbons (Fsp3) is 0.221. The number of carbonyl (C=O) groups is 5. The molecule has 2 aliphatic rings. The predicted octanol–water partition coefficient (Wildman–Crippen LogP) is 7.12. The largest absolute Gasteiger partial charge is 0.390 e. The van der Waals surface area contributed by atoms with E-state index in [1.807, 2.05) is 97.1 Å². The topological polar surface area (TPSA) is 280 Å². The lowest BCUT2D eigenvalue weighted by atomic mass is 9.99. The van der Waals surface area contributed by atoms with Crippen LogP contribution in [0.3, 0.4) is 0 Å². The number of aliphatic hydroxyl groups excluding tert-OH is 1. The zero-order valence-electron chi connectivity index (χ0n) is 48.7. The number of hydrogen-bond acceptors (Lipinski definition) is 14. The molecule has 3 unspecified atom stereocenters. The molecule has 0 spiro atoms. The van der Waals surface area contributed by atoms with Crippen LogP contribution in [0.1, 0.15) is 57.5 Å². The van der Waals surface area contributed by atoms with E-state index in [-0.39, 0.29) is 48.9 Å². The number of fused-ring (bicyclic) bond motifs is 4. The second-order valence-corrected chi connectivity index (χ2v) is 25.9. The Morgan fingerprint density at radius 1 is 0.489 bits per heavy atom. The number of ketones is 1. The van der Waals surface area contributed by atoms with Gasteiger partial charge in [-0.3, -0.25) is 33.9 Å². The van der Waals surface area contributed by atoms with Gasteiger partial charge < -0.3 is 26.4 Å². The average Bonchev–Trinajstić information content (AvgIpc) is 2.11. The Morgan fingerprint density at radius 2 is 0.944 bits per heavy atom. The van der Waals surface area contributed by atoms with Crippen LogP contribution in [0.4, 0.5) is 0 Å². The van der Waals surface area contributed by atoms with Gasteiger partial charge >= 0.3 is 0 Å². The van der Waals surface area contributed by atoms with E-state index in [1.54, 1.807) is 85.2 Å². The van der Waals surface area contributed by atoms with Crippen molar-refractivity contribution in [3.05, 3.63) is 229 Å². The molecule has 4 aromatic heterocycles. The molecule has 0 saturated carbocycles. The van der Waals surface area contributed by atoms with Gasteiger partial charge in [-0.25, -0.2) is 26.8 Å². The van der Waals surface area contributed by atoms with Gasteiger partial charge in [0, 0.05) is 79.2 Å². The number of pyridine rings is 4. The normalized spacial score (nSPS) is 17.4. The fourth-order valence-corrected chi connectivity index (χ4v) is 14.0. The first-order chi connectivity index (χ1) is 43.5. The lowest BCUT2D eigenvalue weighted by Gasteiger charge is -2.27. The molecule has 0 bridgehead atoms. The molecule has 0 radical (unpaired) electrons. The van der Waals surface area contributed by atoms with Gasteiger partial charge in [0.2, 0.25) is 11.8 Å². The molecule has 0 aliphatic carbocycles. The van der Waals surface area contributed by atoms with Crippen LogP contribution < -0.4 is 21.3 Å². The number of benzene rings is 6. The van der Waals surface area contributed by atoms with Crippen LogP contribution >= 0.6 is 0 Å². The number of rotatable bonds is 16. The summed E-state index contributed by atoms with van der Waals surface area (Å²) in [6.45, 7) is -0.297. The molecule has 20 nitrogen and oxygen atoms in total. The number of aromatic nitrogens is 4. The number of hydrogen-bond donors (Lipinski definition) is 5. The Bertz CT molecular complexity index is 4530. The smallest absolute Gasteiger partial charge is 0.260 e. The summed E-state index contributed by atoms with van der Waals surface area (Å²) >= 11 is 0. The minimum atomic E-state index is -3.98. The Morgan fingerprint density at radius 3 is 1.47 bits per heavy atom. The summed E-state index contributed by atoms with van der Waals surface area (Å²) in [5, 5.41) is 28.1. The van der Waals surface area contributed by atoms with Crippen LogP contribution in [0.5, 0.6) is 0 Å². The molecule has 2 fully saturated rings. The fourth-order valence-electron chi connectivity index (χ4n) is 11.2. The first-order valence-electron chi connectivity index (χ1n) is 29.5. The molecular formula is C68H64N10O10S2. The summed E-state index contributed by atoms with van der Waals surface area (Å²) in [7, 11) is -7.90. The first kappa shape index (κ1) is 61.9. The van der Waals surface area contributed by atoms with Gasteiger partial charge in [-0.15, -0.1) is 0 Å². The van der Waals surface area contributed by atoms with Crippen molar-refractivity contribution >= 4 is 92.8 Å². The van der Waals surface area contributed by atoms with Crippen LogP contribution in [0, 0.1) is 0 Å². The van der Waals surface area contributed by atoms with Gasteiger partial charge in [-0.05, 0) is 131 Å². The second-order valence-electron chi connectivity index (χ2n) is 22.2. The van der Waals surface area contributed by atoms with E-state index in [0.29, 0.717) is 30.4 Å². The van der Waals surface area contributed by atoms with Gasteiger partial charge in [-0.1, -0.05) is 109 Å². The molecule has 2 aliphatic heterocycles. The quantitative estimate of drug-likeness (QED) is 0.0645. The maximum Gasteiger partial charge on any atom is 0.260 e. The van der Waals surface area contributed by atoms with Crippen molar-refractivity contribution in [1.82, 2.24) is 49.8 Å². The van der Waals surface area contributed by atoms with E-state index in [1.165, 1.54) is 28.8 Å². The third kappa shape index (κ3) is 14.7. The molecule has 6 heterocycles. The average molecular weight is 1250 g/mol. The highest BCUT2D eigenvalue weighted by Gasteiger charge is 2.37. The number of aliphatic hydroxyl groups is 1. The lowest BCUT2D eigenvalue weighted by Crippen LogP contribution is -2.54. The summed E-state index contributed by atoms with van der Waals surface area (Å²) in [5.41, 5.74) is 3.93. The van der Waals surface area contributed by atoms with Gasteiger partial charge in [-0.2, -0.15) is 8.61 Å². The van der Waals surface area contributed by atoms with Crippen LogP contribution in [-0.2, 0) is 47.3 Å². The van der Waals surface area contributed by atoms with Gasteiger partial charge in [0.1, 0.15) is 12.1 Å². The number of β-amino-alcohol motifs (C(OH)–C–C–N with tert-alkyl or cyclic N) is 1. The highest BCUT2D eigenvalue weighted by molar-refractivity contribution is 7.89. The molecule has 10 aromatic rings. The number of sulfonamides is 2. The number of amides is 4. The van der Waals surface area contributed by atoms with E-state index >= 15 is 0 Å². The van der Waals surface area contributed by atoms with Crippen molar-refractivity contribution < 1.29 is 45.9 Å². The Kier molecular flexibility index (Phi) is 19.1. The molecule has 22 heteroatoms.